The Labute approximate surface area is 109 Å². The second-order valence-corrected chi connectivity index (χ2v) is 4.52. The fraction of sp³-hybridized carbons (Fsp3) is 0.0714. The van der Waals surface area contributed by atoms with Crippen molar-refractivity contribution in [1.82, 2.24) is 9.55 Å². The molecule has 0 aliphatic heterocycles. The largest absolute Gasteiger partial charge is 0.343 e. The summed E-state index contributed by atoms with van der Waals surface area (Å²) in [7, 11) is 0. The van der Waals surface area contributed by atoms with Gasteiger partial charge in [-0.05, 0) is 35.9 Å². The van der Waals surface area contributed by atoms with Crippen LogP contribution in [-0.4, -0.2) is 9.55 Å². The molecule has 90 valence electrons. The van der Waals surface area contributed by atoms with Gasteiger partial charge in [0, 0.05) is 36.0 Å². The number of benzene rings is 1. The van der Waals surface area contributed by atoms with Crippen LogP contribution in [0.1, 0.15) is 5.56 Å². The van der Waals surface area contributed by atoms with Gasteiger partial charge in [0.1, 0.15) is 5.82 Å². The molecule has 3 rings (SSSR count). The van der Waals surface area contributed by atoms with E-state index in [9.17, 15) is 4.39 Å². The predicted octanol–water partition coefficient (Wildman–Crippen LogP) is 3.88. The van der Waals surface area contributed by atoms with E-state index in [2.05, 4.69) is 4.98 Å². The molecular weight excluding hydrogens is 251 g/mol. The quantitative estimate of drug-likeness (QED) is 0.684. The molecular formula is C14H10ClFN2. The number of rotatable bonds is 2. The standard InChI is InChI=1S/C14H10ClFN2/c15-13-8-17-5-3-11(13)9-18-6-4-10-7-12(16)1-2-14(10)18/h1-8H,9H2. The molecule has 0 unspecified atom stereocenters. The van der Waals surface area contributed by atoms with E-state index in [1.54, 1.807) is 18.5 Å². The lowest BCUT2D eigenvalue weighted by Gasteiger charge is -2.07. The predicted molar refractivity (Wildman–Crippen MR) is 70.2 cm³/mol. The highest BCUT2D eigenvalue weighted by Crippen LogP contribution is 2.21. The fourth-order valence-corrected chi connectivity index (χ4v) is 2.20. The molecule has 2 nitrogen and oxygen atoms in total. The van der Waals surface area contributed by atoms with Crippen molar-refractivity contribution in [2.45, 2.75) is 6.54 Å². The Morgan fingerprint density at radius 2 is 2.11 bits per heavy atom. The number of hydrogen-bond donors (Lipinski definition) is 0. The van der Waals surface area contributed by atoms with Crippen LogP contribution >= 0.6 is 11.6 Å². The molecule has 0 spiro atoms. The summed E-state index contributed by atoms with van der Waals surface area (Å²) in [5.74, 6) is -0.220. The van der Waals surface area contributed by atoms with Crippen molar-refractivity contribution in [2.24, 2.45) is 0 Å². The monoisotopic (exact) mass is 260 g/mol. The summed E-state index contributed by atoms with van der Waals surface area (Å²) in [5, 5.41) is 1.53. The summed E-state index contributed by atoms with van der Waals surface area (Å²) in [4.78, 5) is 3.96. The Kier molecular flexibility index (Phi) is 2.76. The first kappa shape index (κ1) is 11.2. The normalized spacial score (nSPS) is 11.0. The Balaban J connectivity index is 2.03. The van der Waals surface area contributed by atoms with Crippen LogP contribution in [-0.2, 0) is 6.54 Å². The molecule has 4 heteroatoms. The van der Waals surface area contributed by atoms with Crippen molar-refractivity contribution >= 4 is 22.5 Å². The first-order valence-electron chi connectivity index (χ1n) is 5.57. The van der Waals surface area contributed by atoms with Crippen molar-refractivity contribution in [2.75, 3.05) is 0 Å². The van der Waals surface area contributed by atoms with Crippen molar-refractivity contribution in [1.29, 1.82) is 0 Å². The van der Waals surface area contributed by atoms with Crippen LogP contribution in [0.4, 0.5) is 4.39 Å². The van der Waals surface area contributed by atoms with E-state index in [0.29, 0.717) is 11.6 Å². The molecule has 0 atom stereocenters. The first-order chi connectivity index (χ1) is 8.74. The van der Waals surface area contributed by atoms with E-state index in [4.69, 9.17) is 11.6 Å². The lowest BCUT2D eigenvalue weighted by atomic mass is 10.2. The molecule has 0 aliphatic rings. The highest BCUT2D eigenvalue weighted by Gasteiger charge is 2.05. The third-order valence-electron chi connectivity index (χ3n) is 2.93. The van der Waals surface area contributed by atoms with Crippen molar-refractivity contribution < 1.29 is 4.39 Å². The third-order valence-corrected chi connectivity index (χ3v) is 3.27. The van der Waals surface area contributed by atoms with Crippen LogP contribution in [0.25, 0.3) is 10.9 Å². The molecule has 1 aromatic carbocycles. The molecule has 0 bridgehead atoms. The Bertz CT molecular complexity index is 706. The van der Waals surface area contributed by atoms with E-state index < -0.39 is 0 Å². The van der Waals surface area contributed by atoms with E-state index in [1.165, 1.54) is 12.1 Å². The maximum absolute atomic E-state index is 13.1. The van der Waals surface area contributed by atoms with Crippen LogP contribution in [0.5, 0.6) is 0 Å². The van der Waals surface area contributed by atoms with Gasteiger partial charge in [0.2, 0.25) is 0 Å². The minimum absolute atomic E-state index is 0.220. The van der Waals surface area contributed by atoms with E-state index in [-0.39, 0.29) is 5.82 Å². The van der Waals surface area contributed by atoms with Crippen LogP contribution in [0, 0.1) is 5.82 Å². The van der Waals surface area contributed by atoms with Crippen LogP contribution in [0.15, 0.2) is 48.9 Å². The molecule has 0 N–H and O–H groups in total. The summed E-state index contributed by atoms with van der Waals surface area (Å²) in [6, 6.07) is 8.55. The van der Waals surface area contributed by atoms with Gasteiger partial charge < -0.3 is 4.57 Å². The average molecular weight is 261 g/mol. The number of pyridine rings is 1. The molecule has 0 saturated carbocycles. The molecule has 2 heterocycles. The van der Waals surface area contributed by atoms with Gasteiger partial charge in [0.05, 0.1) is 5.02 Å². The average Bonchev–Trinajstić information content (AvgIpc) is 2.74. The van der Waals surface area contributed by atoms with Gasteiger partial charge in [-0.2, -0.15) is 0 Å². The number of halogens is 2. The third kappa shape index (κ3) is 1.97. The topological polar surface area (TPSA) is 17.8 Å². The maximum atomic E-state index is 13.1. The van der Waals surface area contributed by atoms with Crippen molar-refractivity contribution in [3.8, 4) is 0 Å². The molecule has 18 heavy (non-hydrogen) atoms. The Morgan fingerprint density at radius 1 is 1.22 bits per heavy atom. The number of fused-ring (bicyclic) bond motifs is 1. The second kappa shape index (κ2) is 4.42. The summed E-state index contributed by atoms with van der Waals surface area (Å²) >= 11 is 6.08. The van der Waals surface area contributed by atoms with Gasteiger partial charge in [-0.3, -0.25) is 4.98 Å². The van der Waals surface area contributed by atoms with Crippen LogP contribution < -0.4 is 0 Å². The molecule has 0 amide bonds. The van der Waals surface area contributed by atoms with Gasteiger partial charge in [-0.25, -0.2) is 4.39 Å². The molecule has 0 aliphatic carbocycles. The Morgan fingerprint density at radius 3 is 2.94 bits per heavy atom. The highest BCUT2D eigenvalue weighted by atomic mass is 35.5. The minimum Gasteiger partial charge on any atom is -0.343 e. The molecule has 0 radical (unpaired) electrons. The highest BCUT2D eigenvalue weighted by molar-refractivity contribution is 6.31. The first-order valence-corrected chi connectivity index (χ1v) is 5.94. The van der Waals surface area contributed by atoms with E-state index in [0.717, 1.165) is 16.5 Å². The zero-order valence-corrected chi connectivity index (χ0v) is 10.2. The molecule has 3 aromatic rings. The van der Waals surface area contributed by atoms with Crippen molar-refractivity contribution in [3.05, 3.63) is 65.3 Å². The lowest BCUT2D eigenvalue weighted by Crippen LogP contribution is -1.98. The summed E-state index contributed by atoms with van der Waals surface area (Å²) in [6.07, 6.45) is 5.27. The molecule has 2 aromatic heterocycles. The van der Waals surface area contributed by atoms with Gasteiger partial charge >= 0.3 is 0 Å². The van der Waals surface area contributed by atoms with Crippen LogP contribution in [0.2, 0.25) is 5.02 Å². The van der Waals surface area contributed by atoms with Crippen molar-refractivity contribution in [3.63, 3.8) is 0 Å². The van der Waals surface area contributed by atoms with Gasteiger partial charge in [0.15, 0.2) is 0 Å². The SMILES string of the molecule is Fc1ccc2c(ccn2Cc2ccncc2Cl)c1. The summed E-state index contributed by atoms with van der Waals surface area (Å²) < 4.78 is 15.1. The van der Waals surface area contributed by atoms with Crippen LogP contribution in [0.3, 0.4) is 0 Å². The lowest BCUT2D eigenvalue weighted by molar-refractivity contribution is 0.629. The Hall–Kier alpha value is -1.87. The van der Waals surface area contributed by atoms with E-state index in [1.807, 2.05) is 22.9 Å². The zero-order valence-electron chi connectivity index (χ0n) is 9.48. The smallest absolute Gasteiger partial charge is 0.123 e. The van der Waals surface area contributed by atoms with Gasteiger partial charge in [0.25, 0.3) is 0 Å². The number of hydrogen-bond acceptors (Lipinski definition) is 1. The molecule has 0 saturated heterocycles. The summed E-state index contributed by atoms with van der Waals surface area (Å²) in [5.41, 5.74) is 1.98. The van der Waals surface area contributed by atoms with Gasteiger partial charge in [-0.1, -0.05) is 11.6 Å². The zero-order chi connectivity index (χ0) is 12.5. The van der Waals surface area contributed by atoms with E-state index >= 15 is 0 Å². The minimum atomic E-state index is -0.220. The fourth-order valence-electron chi connectivity index (χ4n) is 2.02. The summed E-state index contributed by atoms with van der Waals surface area (Å²) in [6.45, 7) is 0.649. The second-order valence-electron chi connectivity index (χ2n) is 4.11. The van der Waals surface area contributed by atoms with Gasteiger partial charge in [-0.15, -0.1) is 0 Å². The number of aromatic nitrogens is 2. The maximum Gasteiger partial charge on any atom is 0.123 e. The molecule has 0 fully saturated rings. The number of nitrogens with zero attached hydrogens (tertiary/aromatic N) is 2.